The van der Waals surface area contributed by atoms with E-state index in [9.17, 15) is 4.39 Å². The first-order chi connectivity index (χ1) is 8.60. The fourth-order valence-electron chi connectivity index (χ4n) is 1.37. The molecule has 90 valence electrons. The smallest absolute Gasteiger partial charge is 0.153 e. The van der Waals surface area contributed by atoms with E-state index in [0.29, 0.717) is 10.6 Å². The lowest BCUT2D eigenvalue weighted by molar-refractivity contribution is 0.632. The molecule has 0 aliphatic carbocycles. The molecule has 4 nitrogen and oxygen atoms in total. The summed E-state index contributed by atoms with van der Waals surface area (Å²) < 4.78 is 13.5. The molecule has 0 aliphatic heterocycles. The van der Waals surface area contributed by atoms with E-state index in [1.807, 2.05) is 6.07 Å². The number of hydrogen-bond acceptors (Lipinski definition) is 4. The van der Waals surface area contributed by atoms with E-state index < -0.39 is 5.82 Å². The first-order valence-electron chi connectivity index (χ1n) is 4.98. The van der Waals surface area contributed by atoms with Crippen molar-refractivity contribution in [2.24, 2.45) is 0 Å². The zero-order valence-electron chi connectivity index (χ0n) is 9.11. The predicted molar refractivity (Wildman–Crippen MR) is 68.1 cm³/mol. The Hall–Kier alpha value is -2.32. The Morgan fingerprint density at radius 2 is 2.17 bits per heavy atom. The van der Waals surface area contributed by atoms with Crippen LogP contribution in [0.15, 0.2) is 30.5 Å². The molecule has 2 rings (SSSR count). The summed E-state index contributed by atoms with van der Waals surface area (Å²) in [6.45, 7) is 0. The lowest BCUT2D eigenvalue weighted by atomic mass is 10.2. The maximum absolute atomic E-state index is 13.5. The summed E-state index contributed by atoms with van der Waals surface area (Å²) in [5.41, 5.74) is 6.52. The zero-order chi connectivity index (χ0) is 13.1. The van der Waals surface area contributed by atoms with E-state index in [4.69, 9.17) is 22.6 Å². The van der Waals surface area contributed by atoms with Gasteiger partial charge in [0.1, 0.15) is 11.9 Å². The van der Waals surface area contributed by atoms with E-state index in [0.717, 1.165) is 0 Å². The molecule has 0 amide bonds. The van der Waals surface area contributed by atoms with Gasteiger partial charge in [0.05, 0.1) is 16.9 Å². The van der Waals surface area contributed by atoms with Crippen LogP contribution in [0, 0.1) is 17.1 Å². The molecule has 18 heavy (non-hydrogen) atoms. The number of hydrogen-bond donors (Lipinski definition) is 2. The van der Waals surface area contributed by atoms with Crippen LogP contribution in [0.1, 0.15) is 5.56 Å². The first-order valence-corrected chi connectivity index (χ1v) is 5.35. The predicted octanol–water partition coefficient (Wildman–Crippen LogP) is 3.07. The molecule has 0 aliphatic rings. The third-order valence-corrected chi connectivity index (χ3v) is 2.47. The summed E-state index contributed by atoms with van der Waals surface area (Å²) >= 11 is 5.65. The number of aromatic nitrogens is 1. The van der Waals surface area contributed by atoms with Crippen LogP contribution < -0.4 is 11.1 Å². The van der Waals surface area contributed by atoms with Gasteiger partial charge in [-0.1, -0.05) is 11.6 Å². The number of nitrogen functional groups attached to an aromatic ring is 1. The SMILES string of the molecule is N#Cc1cnc(Nc2ccc(Cl)cc2F)c(N)c1. The molecule has 0 saturated heterocycles. The Balaban J connectivity index is 2.32. The van der Waals surface area contributed by atoms with Crippen LogP contribution in [0.3, 0.4) is 0 Å². The summed E-state index contributed by atoms with van der Waals surface area (Å²) in [7, 11) is 0. The molecule has 3 N–H and O–H groups in total. The number of pyridine rings is 1. The zero-order valence-corrected chi connectivity index (χ0v) is 9.87. The molecule has 0 fully saturated rings. The van der Waals surface area contributed by atoms with Crippen molar-refractivity contribution in [2.45, 2.75) is 0 Å². The van der Waals surface area contributed by atoms with E-state index in [1.54, 1.807) is 6.07 Å². The highest BCUT2D eigenvalue weighted by molar-refractivity contribution is 6.30. The molecule has 0 saturated carbocycles. The lowest BCUT2D eigenvalue weighted by Crippen LogP contribution is -2.01. The molecule has 2 aromatic rings. The first kappa shape index (κ1) is 12.1. The second-order valence-corrected chi connectivity index (χ2v) is 3.96. The van der Waals surface area contributed by atoms with Crippen LogP contribution in [0.4, 0.5) is 21.6 Å². The van der Waals surface area contributed by atoms with Gasteiger partial charge in [0.2, 0.25) is 0 Å². The summed E-state index contributed by atoms with van der Waals surface area (Å²) in [5.74, 6) is -0.219. The maximum Gasteiger partial charge on any atom is 0.153 e. The molecule has 0 spiro atoms. The van der Waals surface area contributed by atoms with Crippen LogP contribution >= 0.6 is 11.6 Å². The van der Waals surface area contributed by atoms with E-state index in [-0.39, 0.29) is 17.2 Å². The maximum atomic E-state index is 13.5. The van der Waals surface area contributed by atoms with Crippen molar-refractivity contribution in [3.63, 3.8) is 0 Å². The summed E-state index contributed by atoms with van der Waals surface area (Å²) in [6, 6.07) is 7.59. The van der Waals surface area contributed by atoms with Crippen molar-refractivity contribution in [3.8, 4) is 6.07 Å². The number of benzene rings is 1. The van der Waals surface area contributed by atoms with Crippen molar-refractivity contribution in [1.29, 1.82) is 5.26 Å². The molecule has 1 aromatic carbocycles. The molecule has 0 atom stereocenters. The topological polar surface area (TPSA) is 74.7 Å². The van der Waals surface area contributed by atoms with Crippen LogP contribution in [0.5, 0.6) is 0 Å². The van der Waals surface area contributed by atoms with Gasteiger partial charge in [0, 0.05) is 11.2 Å². The van der Waals surface area contributed by atoms with Crippen molar-refractivity contribution in [3.05, 3.63) is 46.9 Å². The number of nitriles is 1. The normalized spacial score (nSPS) is 9.83. The average Bonchev–Trinajstić information content (AvgIpc) is 2.34. The molecule has 1 aromatic heterocycles. The van der Waals surface area contributed by atoms with E-state index in [2.05, 4.69) is 10.3 Å². The van der Waals surface area contributed by atoms with Gasteiger partial charge in [0.25, 0.3) is 0 Å². The van der Waals surface area contributed by atoms with Crippen molar-refractivity contribution in [2.75, 3.05) is 11.1 Å². The van der Waals surface area contributed by atoms with E-state index in [1.165, 1.54) is 24.4 Å². The largest absolute Gasteiger partial charge is 0.396 e. The number of nitrogens with zero attached hydrogens (tertiary/aromatic N) is 2. The second kappa shape index (κ2) is 4.90. The van der Waals surface area contributed by atoms with Gasteiger partial charge >= 0.3 is 0 Å². The fourth-order valence-corrected chi connectivity index (χ4v) is 1.52. The molecular weight excluding hydrogens is 255 g/mol. The third kappa shape index (κ3) is 2.50. The Kier molecular flexibility index (Phi) is 3.31. The average molecular weight is 263 g/mol. The Bertz CT molecular complexity index is 636. The highest BCUT2D eigenvalue weighted by Crippen LogP contribution is 2.25. The molecule has 6 heteroatoms. The van der Waals surface area contributed by atoms with Crippen molar-refractivity contribution < 1.29 is 4.39 Å². The summed E-state index contributed by atoms with van der Waals surface area (Å²) in [4.78, 5) is 3.95. The van der Waals surface area contributed by atoms with Crippen LogP contribution in [0.2, 0.25) is 5.02 Å². The number of rotatable bonds is 2. The van der Waals surface area contributed by atoms with Crippen molar-refractivity contribution >= 4 is 28.8 Å². The van der Waals surface area contributed by atoms with Crippen LogP contribution in [-0.2, 0) is 0 Å². The number of nitrogens with two attached hydrogens (primary N) is 1. The number of anilines is 3. The highest BCUT2D eigenvalue weighted by atomic mass is 35.5. The summed E-state index contributed by atoms with van der Waals surface area (Å²) in [6.07, 6.45) is 1.35. The molecule has 0 bridgehead atoms. The molecular formula is C12H8ClFN4. The Labute approximate surface area is 108 Å². The monoisotopic (exact) mass is 262 g/mol. The Morgan fingerprint density at radius 3 is 2.78 bits per heavy atom. The molecule has 0 radical (unpaired) electrons. The van der Waals surface area contributed by atoms with Crippen LogP contribution in [-0.4, -0.2) is 4.98 Å². The Morgan fingerprint density at radius 1 is 1.39 bits per heavy atom. The lowest BCUT2D eigenvalue weighted by Gasteiger charge is -2.09. The van der Waals surface area contributed by atoms with Gasteiger partial charge < -0.3 is 11.1 Å². The molecule has 0 unspecified atom stereocenters. The van der Waals surface area contributed by atoms with Gasteiger partial charge in [-0.3, -0.25) is 0 Å². The van der Waals surface area contributed by atoms with E-state index >= 15 is 0 Å². The van der Waals surface area contributed by atoms with Gasteiger partial charge in [0.15, 0.2) is 5.82 Å². The molecule has 1 heterocycles. The minimum absolute atomic E-state index is 0.211. The number of nitrogens with one attached hydrogen (secondary N) is 1. The minimum Gasteiger partial charge on any atom is -0.396 e. The second-order valence-electron chi connectivity index (χ2n) is 3.52. The van der Waals surface area contributed by atoms with Crippen LogP contribution in [0.25, 0.3) is 0 Å². The third-order valence-electron chi connectivity index (χ3n) is 2.23. The summed E-state index contributed by atoms with van der Waals surface area (Å²) in [5, 5.41) is 11.7. The van der Waals surface area contributed by atoms with Gasteiger partial charge in [-0.2, -0.15) is 5.26 Å². The minimum atomic E-state index is -0.506. The van der Waals surface area contributed by atoms with Crippen molar-refractivity contribution in [1.82, 2.24) is 4.98 Å². The van der Waals surface area contributed by atoms with Gasteiger partial charge in [-0.25, -0.2) is 9.37 Å². The standard InChI is InChI=1S/C12H8ClFN4/c13-8-1-2-11(9(14)4-8)18-12-10(16)3-7(5-15)6-17-12/h1-4,6H,16H2,(H,17,18). The van der Waals surface area contributed by atoms with Gasteiger partial charge in [-0.05, 0) is 24.3 Å². The highest BCUT2D eigenvalue weighted by Gasteiger charge is 2.07. The quantitative estimate of drug-likeness (QED) is 0.872. The fraction of sp³-hybridized carbons (Fsp3) is 0. The number of halogens is 2. The van der Waals surface area contributed by atoms with Gasteiger partial charge in [-0.15, -0.1) is 0 Å².